The molecule has 0 bridgehead atoms. The molecule has 0 aliphatic carbocycles. The molecule has 1 unspecified atom stereocenters. The summed E-state index contributed by atoms with van der Waals surface area (Å²) in [7, 11) is 0. The van der Waals surface area contributed by atoms with Gasteiger partial charge in [0.2, 0.25) is 0 Å². The zero-order chi connectivity index (χ0) is 15.1. The van der Waals surface area contributed by atoms with Crippen molar-refractivity contribution in [2.24, 2.45) is 0 Å². The first-order chi connectivity index (χ1) is 10.2. The van der Waals surface area contributed by atoms with E-state index in [1.807, 2.05) is 37.3 Å². The van der Waals surface area contributed by atoms with Gasteiger partial charge in [-0.25, -0.2) is 0 Å². The summed E-state index contributed by atoms with van der Waals surface area (Å²) in [6, 6.07) is 13.0. The highest BCUT2D eigenvalue weighted by Gasteiger charge is 2.10. The Bertz CT molecular complexity index is 551. The van der Waals surface area contributed by atoms with Crippen LogP contribution in [0.15, 0.2) is 48.7 Å². The molecule has 2 atom stereocenters. The Morgan fingerprint density at radius 1 is 1.24 bits per heavy atom. The third-order valence-corrected chi connectivity index (χ3v) is 3.37. The lowest BCUT2D eigenvalue weighted by molar-refractivity contribution is 0.104. The van der Waals surface area contributed by atoms with Crippen LogP contribution in [-0.4, -0.2) is 29.3 Å². The molecule has 5 heteroatoms. The second-order valence-electron chi connectivity index (χ2n) is 4.78. The summed E-state index contributed by atoms with van der Waals surface area (Å²) >= 11 is 5.98. The van der Waals surface area contributed by atoms with Crippen molar-refractivity contribution < 1.29 is 9.84 Å². The molecule has 0 aliphatic heterocycles. The standard InChI is InChI=1S/C16H19ClN2O2/c1-12(15-7-4-5-9-18-15)19-10-13(20)11-21-16-8-3-2-6-14(16)17/h2-9,12-13,19-20H,10-11H2,1H3/t12-,13?/m0/s1. The van der Waals surface area contributed by atoms with E-state index in [9.17, 15) is 5.11 Å². The van der Waals surface area contributed by atoms with Crippen molar-refractivity contribution in [1.29, 1.82) is 0 Å². The molecular formula is C16H19ClN2O2. The van der Waals surface area contributed by atoms with Crippen LogP contribution in [0.1, 0.15) is 18.7 Å². The summed E-state index contributed by atoms with van der Waals surface area (Å²) in [5.74, 6) is 0.580. The molecule has 1 aromatic heterocycles. The van der Waals surface area contributed by atoms with Gasteiger partial charge in [-0.1, -0.05) is 29.8 Å². The first-order valence-electron chi connectivity index (χ1n) is 6.86. The van der Waals surface area contributed by atoms with Crippen LogP contribution in [-0.2, 0) is 0 Å². The monoisotopic (exact) mass is 306 g/mol. The van der Waals surface area contributed by atoms with Gasteiger partial charge in [0.15, 0.2) is 0 Å². The number of para-hydroxylation sites is 1. The summed E-state index contributed by atoms with van der Waals surface area (Å²) in [4.78, 5) is 4.27. The third-order valence-electron chi connectivity index (χ3n) is 3.06. The lowest BCUT2D eigenvalue weighted by Gasteiger charge is -2.17. The molecule has 4 nitrogen and oxygen atoms in total. The van der Waals surface area contributed by atoms with Gasteiger partial charge < -0.3 is 15.2 Å². The van der Waals surface area contributed by atoms with Crippen LogP contribution in [0, 0.1) is 0 Å². The molecule has 0 saturated heterocycles. The molecule has 0 fully saturated rings. The first-order valence-corrected chi connectivity index (χ1v) is 7.24. The van der Waals surface area contributed by atoms with Crippen LogP contribution in [0.3, 0.4) is 0 Å². The van der Waals surface area contributed by atoms with Gasteiger partial charge in [0, 0.05) is 18.8 Å². The number of aliphatic hydroxyl groups is 1. The van der Waals surface area contributed by atoms with E-state index in [2.05, 4.69) is 10.3 Å². The molecule has 2 aromatic rings. The van der Waals surface area contributed by atoms with Gasteiger partial charge in [0.1, 0.15) is 18.5 Å². The lowest BCUT2D eigenvalue weighted by atomic mass is 10.2. The minimum Gasteiger partial charge on any atom is -0.489 e. The Hall–Kier alpha value is -1.62. The highest BCUT2D eigenvalue weighted by Crippen LogP contribution is 2.23. The Morgan fingerprint density at radius 2 is 2.00 bits per heavy atom. The largest absolute Gasteiger partial charge is 0.489 e. The van der Waals surface area contributed by atoms with E-state index in [0.29, 0.717) is 17.3 Å². The van der Waals surface area contributed by atoms with Crippen molar-refractivity contribution in [3.8, 4) is 5.75 Å². The predicted octanol–water partition coefficient (Wildman–Crippen LogP) is 2.83. The van der Waals surface area contributed by atoms with E-state index >= 15 is 0 Å². The van der Waals surface area contributed by atoms with Crippen LogP contribution >= 0.6 is 11.6 Å². The minimum absolute atomic E-state index is 0.0705. The number of benzene rings is 1. The van der Waals surface area contributed by atoms with Gasteiger partial charge in [-0.05, 0) is 31.2 Å². The number of pyridine rings is 1. The molecular weight excluding hydrogens is 288 g/mol. The van der Waals surface area contributed by atoms with Crippen LogP contribution in [0.2, 0.25) is 5.02 Å². The smallest absolute Gasteiger partial charge is 0.138 e. The highest BCUT2D eigenvalue weighted by atomic mass is 35.5. The van der Waals surface area contributed by atoms with E-state index in [0.717, 1.165) is 5.69 Å². The van der Waals surface area contributed by atoms with Crippen molar-refractivity contribution in [2.75, 3.05) is 13.2 Å². The van der Waals surface area contributed by atoms with Crippen molar-refractivity contribution in [2.45, 2.75) is 19.1 Å². The molecule has 0 aliphatic rings. The molecule has 112 valence electrons. The maximum Gasteiger partial charge on any atom is 0.138 e. The van der Waals surface area contributed by atoms with Gasteiger partial charge in [-0.15, -0.1) is 0 Å². The fourth-order valence-corrected chi connectivity index (χ4v) is 2.05. The van der Waals surface area contributed by atoms with Crippen molar-refractivity contribution in [3.05, 3.63) is 59.4 Å². The Balaban J connectivity index is 1.75. The molecule has 2 rings (SSSR count). The van der Waals surface area contributed by atoms with Crippen LogP contribution in [0.4, 0.5) is 0 Å². The Morgan fingerprint density at radius 3 is 2.71 bits per heavy atom. The van der Waals surface area contributed by atoms with Crippen molar-refractivity contribution >= 4 is 11.6 Å². The summed E-state index contributed by atoms with van der Waals surface area (Å²) in [5, 5.41) is 13.7. The second kappa shape index (κ2) is 7.98. The molecule has 0 amide bonds. The SMILES string of the molecule is C[C@H](NCC(O)COc1ccccc1Cl)c1ccccn1. The molecule has 1 heterocycles. The zero-order valence-corrected chi connectivity index (χ0v) is 12.6. The van der Waals surface area contributed by atoms with Gasteiger partial charge in [-0.2, -0.15) is 0 Å². The number of rotatable bonds is 7. The number of ether oxygens (including phenoxy) is 1. The number of aliphatic hydroxyl groups excluding tert-OH is 1. The fraction of sp³-hybridized carbons (Fsp3) is 0.312. The Kier molecular flexibility index (Phi) is 5.99. The first kappa shape index (κ1) is 15.8. The number of hydrogen-bond acceptors (Lipinski definition) is 4. The summed E-state index contributed by atoms with van der Waals surface area (Å²) < 4.78 is 5.50. The maximum absolute atomic E-state index is 9.95. The Labute approximate surface area is 129 Å². The van der Waals surface area contributed by atoms with Gasteiger partial charge in [0.25, 0.3) is 0 Å². The third kappa shape index (κ3) is 5.01. The molecule has 0 radical (unpaired) electrons. The number of nitrogens with one attached hydrogen (secondary N) is 1. The quantitative estimate of drug-likeness (QED) is 0.826. The topological polar surface area (TPSA) is 54.4 Å². The molecule has 21 heavy (non-hydrogen) atoms. The lowest BCUT2D eigenvalue weighted by Crippen LogP contribution is -2.33. The van der Waals surface area contributed by atoms with E-state index in [4.69, 9.17) is 16.3 Å². The second-order valence-corrected chi connectivity index (χ2v) is 5.19. The summed E-state index contributed by atoms with van der Waals surface area (Å²) in [5.41, 5.74) is 0.941. The number of aromatic nitrogens is 1. The number of halogens is 1. The minimum atomic E-state index is -0.618. The van der Waals surface area contributed by atoms with Crippen molar-refractivity contribution in [3.63, 3.8) is 0 Å². The predicted molar refractivity (Wildman–Crippen MR) is 83.6 cm³/mol. The van der Waals surface area contributed by atoms with Crippen LogP contribution in [0.5, 0.6) is 5.75 Å². The van der Waals surface area contributed by atoms with Gasteiger partial charge >= 0.3 is 0 Å². The number of nitrogens with zero attached hydrogens (tertiary/aromatic N) is 1. The van der Waals surface area contributed by atoms with E-state index < -0.39 is 6.10 Å². The van der Waals surface area contributed by atoms with Gasteiger partial charge in [0.05, 0.1) is 10.7 Å². The van der Waals surface area contributed by atoms with E-state index in [1.54, 1.807) is 18.3 Å². The van der Waals surface area contributed by atoms with Crippen LogP contribution in [0.25, 0.3) is 0 Å². The maximum atomic E-state index is 9.95. The summed E-state index contributed by atoms with van der Waals surface area (Å²) in [6.07, 6.45) is 1.14. The number of hydrogen-bond donors (Lipinski definition) is 2. The molecule has 1 aromatic carbocycles. The summed E-state index contributed by atoms with van der Waals surface area (Å²) in [6.45, 7) is 2.61. The fourth-order valence-electron chi connectivity index (χ4n) is 1.86. The average Bonchev–Trinajstić information content (AvgIpc) is 2.52. The molecule has 0 spiro atoms. The van der Waals surface area contributed by atoms with Gasteiger partial charge in [-0.3, -0.25) is 4.98 Å². The average molecular weight is 307 g/mol. The van der Waals surface area contributed by atoms with Crippen LogP contribution < -0.4 is 10.1 Å². The zero-order valence-electron chi connectivity index (χ0n) is 11.9. The normalized spacial score (nSPS) is 13.7. The van der Waals surface area contributed by atoms with Crippen molar-refractivity contribution in [1.82, 2.24) is 10.3 Å². The molecule has 2 N–H and O–H groups in total. The highest BCUT2D eigenvalue weighted by molar-refractivity contribution is 6.32. The van der Waals surface area contributed by atoms with E-state index in [1.165, 1.54) is 0 Å². The van der Waals surface area contributed by atoms with E-state index in [-0.39, 0.29) is 12.6 Å². The molecule has 0 saturated carbocycles.